The molecule has 8 heteroatoms. The van der Waals surface area contributed by atoms with Crippen LogP contribution in [0.1, 0.15) is 38.7 Å². The summed E-state index contributed by atoms with van der Waals surface area (Å²) in [7, 11) is 0. The molecule has 3 saturated heterocycles. The summed E-state index contributed by atoms with van der Waals surface area (Å²) in [5.74, 6) is -1.74. The Balaban J connectivity index is 1.25. The van der Waals surface area contributed by atoms with Gasteiger partial charge in [-0.25, -0.2) is 4.79 Å². The minimum Gasteiger partial charge on any atom is -0.445 e. The number of nitrogens with zero attached hydrogens (tertiary/aromatic N) is 1. The molecule has 0 spiro atoms. The number of carbonyl (C=O) groups is 1. The van der Waals surface area contributed by atoms with Crippen molar-refractivity contribution in [2.75, 3.05) is 26.2 Å². The maximum atomic E-state index is 12.1. The number of aliphatic hydroxyl groups excluding tert-OH is 1. The van der Waals surface area contributed by atoms with Gasteiger partial charge in [0, 0.05) is 19.1 Å². The van der Waals surface area contributed by atoms with Crippen LogP contribution in [0, 0.1) is 0 Å². The molecule has 3 aliphatic heterocycles. The predicted octanol–water partition coefficient (Wildman–Crippen LogP) is 2.01. The van der Waals surface area contributed by atoms with Crippen molar-refractivity contribution in [3.05, 3.63) is 35.9 Å². The second-order valence-electron chi connectivity index (χ2n) is 8.81. The maximum absolute atomic E-state index is 12.1. The van der Waals surface area contributed by atoms with Crippen LogP contribution >= 0.6 is 0 Å². The third kappa shape index (κ3) is 4.95. The normalized spacial score (nSPS) is 31.8. The Morgan fingerprint density at radius 2 is 1.97 bits per heavy atom. The average Bonchev–Trinajstić information content (AvgIpc) is 3.00. The molecular weight excluding hydrogens is 388 g/mol. The van der Waals surface area contributed by atoms with Crippen molar-refractivity contribution < 1.29 is 28.8 Å². The quantitative estimate of drug-likeness (QED) is 0.753. The van der Waals surface area contributed by atoms with Crippen molar-refractivity contribution in [2.24, 2.45) is 0 Å². The average molecular weight is 421 g/mol. The first-order valence-electron chi connectivity index (χ1n) is 10.7. The minimum atomic E-state index is -0.948. The van der Waals surface area contributed by atoms with E-state index in [4.69, 9.17) is 18.9 Å². The summed E-state index contributed by atoms with van der Waals surface area (Å²) in [5.41, 5.74) is 0.965. The lowest BCUT2D eigenvalue weighted by Gasteiger charge is -2.43. The van der Waals surface area contributed by atoms with E-state index in [2.05, 4.69) is 10.2 Å². The number of alkyl carbamates (subject to hydrolysis) is 1. The van der Waals surface area contributed by atoms with Crippen LogP contribution in [-0.2, 0) is 25.6 Å². The number of rotatable bonds is 5. The van der Waals surface area contributed by atoms with E-state index in [1.54, 1.807) is 0 Å². The van der Waals surface area contributed by atoms with E-state index in [0.29, 0.717) is 19.6 Å². The molecule has 0 aliphatic carbocycles. The molecule has 0 aromatic heterocycles. The molecule has 3 aliphatic rings. The molecule has 3 fully saturated rings. The highest BCUT2D eigenvalue weighted by atomic mass is 16.8. The fourth-order valence-corrected chi connectivity index (χ4v) is 4.53. The van der Waals surface area contributed by atoms with Gasteiger partial charge in [-0.15, -0.1) is 0 Å². The summed E-state index contributed by atoms with van der Waals surface area (Å²) in [6.45, 7) is 6.53. The first-order valence-corrected chi connectivity index (χ1v) is 10.7. The Morgan fingerprint density at radius 1 is 1.23 bits per heavy atom. The summed E-state index contributed by atoms with van der Waals surface area (Å²) in [4.78, 5) is 14.4. The number of ether oxygens (including phenoxy) is 4. The fourth-order valence-electron chi connectivity index (χ4n) is 4.53. The van der Waals surface area contributed by atoms with E-state index in [1.165, 1.54) is 0 Å². The Kier molecular flexibility index (Phi) is 6.31. The third-order valence-corrected chi connectivity index (χ3v) is 5.94. The standard InChI is InChI=1S/C22H32N2O6/c1-21(2)29-19-18(25)10-13-28-22(19,30-21)15-24-11-8-17(9-12-24)23-20(26)27-14-16-6-4-3-5-7-16/h3-7,17-19,25H,8-15H2,1-2H3,(H,23,26)/t18-,19+,22+/m1/s1. The first-order chi connectivity index (χ1) is 14.4. The van der Waals surface area contributed by atoms with Crippen molar-refractivity contribution in [3.63, 3.8) is 0 Å². The van der Waals surface area contributed by atoms with Gasteiger partial charge in [0.05, 0.1) is 19.3 Å². The van der Waals surface area contributed by atoms with Crippen molar-refractivity contribution >= 4 is 6.09 Å². The van der Waals surface area contributed by atoms with Crippen LogP contribution < -0.4 is 5.32 Å². The highest BCUT2D eigenvalue weighted by Crippen LogP contribution is 2.42. The number of fused-ring (bicyclic) bond motifs is 1. The molecule has 1 amide bonds. The zero-order chi connectivity index (χ0) is 21.2. The fraction of sp³-hybridized carbons (Fsp3) is 0.682. The van der Waals surface area contributed by atoms with Crippen LogP contribution in [0.2, 0.25) is 0 Å². The van der Waals surface area contributed by atoms with Gasteiger partial charge in [0.15, 0.2) is 5.79 Å². The van der Waals surface area contributed by atoms with Gasteiger partial charge in [0.1, 0.15) is 12.7 Å². The lowest BCUT2D eigenvalue weighted by molar-refractivity contribution is -0.280. The summed E-state index contributed by atoms with van der Waals surface area (Å²) < 4.78 is 23.4. The Labute approximate surface area is 177 Å². The van der Waals surface area contributed by atoms with Crippen LogP contribution in [0.3, 0.4) is 0 Å². The van der Waals surface area contributed by atoms with E-state index in [1.807, 2.05) is 44.2 Å². The number of carbonyl (C=O) groups excluding carboxylic acids is 1. The van der Waals surface area contributed by atoms with Crippen LogP contribution in [0.4, 0.5) is 4.79 Å². The summed E-state index contributed by atoms with van der Waals surface area (Å²) in [6, 6.07) is 9.71. The Hall–Kier alpha value is -1.71. The van der Waals surface area contributed by atoms with Crippen LogP contribution in [0.5, 0.6) is 0 Å². The van der Waals surface area contributed by atoms with Gasteiger partial charge in [0.2, 0.25) is 5.79 Å². The van der Waals surface area contributed by atoms with Crippen molar-refractivity contribution in [2.45, 2.75) is 69.5 Å². The highest BCUT2D eigenvalue weighted by Gasteiger charge is 2.59. The topological polar surface area (TPSA) is 89.5 Å². The van der Waals surface area contributed by atoms with Gasteiger partial charge in [0.25, 0.3) is 0 Å². The maximum Gasteiger partial charge on any atom is 0.407 e. The number of benzene rings is 1. The van der Waals surface area contributed by atoms with E-state index in [-0.39, 0.29) is 18.7 Å². The predicted molar refractivity (Wildman–Crippen MR) is 109 cm³/mol. The zero-order valence-electron chi connectivity index (χ0n) is 17.7. The second kappa shape index (κ2) is 8.80. The third-order valence-electron chi connectivity index (χ3n) is 5.94. The van der Waals surface area contributed by atoms with Crippen LogP contribution in [-0.4, -0.2) is 72.2 Å². The second-order valence-corrected chi connectivity index (χ2v) is 8.81. The van der Waals surface area contributed by atoms with Gasteiger partial charge in [-0.05, 0) is 38.7 Å². The molecule has 0 saturated carbocycles. The zero-order valence-corrected chi connectivity index (χ0v) is 17.7. The molecular formula is C22H32N2O6. The number of aliphatic hydroxyl groups is 1. The summed E-state index contributed by atoms with van der Waals surface area (Å²) >= 11 is 0. The van der Waals surface area contributed by atoms with Crippen molar-refractivity contribution in [3.8, 4) is 0 Å². The van der Waals surface area contributed by atoms with E-state index in [9.17, 15) is 9.90 Å². The molecule has 4 rings (SSSR count). The van der Waals surface area contributed by atoms with Gasteiger partial charge in [-0.3, -0.25) is 4.90 Å². The largest absolute Gasteiger partial charge is 0.445 e. The van der Waals surface area contributed by atoms with Crippen molar-refractivity contribution in [1.82, 2.24) is 10.2 Å². The van der Waals surface area contributed by atoms with Gasteiger partial charge in [-0.2, -0.15) is 0 Å². The molecule has 8 nitrogen and oxygen atoms in total. The molecule has 1 aromatic rings. The summed E-state index contributed by atoms with van der Waals surface area (Å²) in [5, 5.41) is 13.4. The van der Waals surface area contributed by atoms with Crippen LogP contribution in [0.15, 0.2) is 30.3 Å². The SMILES string of the molecule is CC1(C)O[C@H]2[C@H](O)CCO[C@@]2(CN2CCC(NC(=O)OCc3ccccc3)CC2)O1. The molecule has 1 aromatic carbocycles. The number of nitrogens with one attached hydrogen (secondary N) is 1. The summed E-state index contributed by atoms with van der Waals surface area (Å²) in [6.07, 6.45) is 0.693. The Morgan fingerprint density at radius 3 is 2.70 bits per heavy atom. The lowest BCUT2D eigenvalue weighted by Crippen LogP contribution is -2.60. The molecule has 0 unspecified atom stereocenters. The smallest absolute Gasteiger partial charge is 0.407 e. The minimum absolute atomic E-state index is 0.0767. The van der Waals surface area contributed by atoms with Crippen molar-refractivity contribution in [1.29, 1.82) is 0 Å². The first kappa shape index (κ1) is 21.5. The molecule has 3 atom stereocenters. The number of likely N-dealkylation sites (tertiary alicyclic amines) is 1. The number of piperidine rings is 1. The van der Waals surface area contributed by atoms with Gasteiger partial charge >= 0.3 is 6.09 Å². The Bertz CT molecular complexity index is 722. The molecule has 0 bridgehead atoms. The number of hydrogen-bond donors (Lipinski definition) is 2. The molecule has 166 valence electrons. The molecule has 2 N–H and O–H groups in total. The number of amides is 1. The molecule has 0 radical (unpaired) electrons. The molecule has 3 heterocycles. The molecule has 30 heavy (non-hydrogen) atoms. The van der Waals surface area contributed by atoms with Gasteiger partial charge < -0.3 is 29.4 Å². The van der Waals surface area contributed by atoms with Crippen LogP contribution in [0.25, 0.3) is 0 Å². The van der Waals surface area contributed by atoms with E-state index < -0.39 is 23.8 Å². The monoisotopic (exact) mass is 420 g/mol. The van der Waals surface area contributed by atoms with Gasteiger partial charge in [-0.1, -0.05) is 30.3 Å². The lowest BCUT2D eigenvalue weighted by atomic mass is 9.97. The number of hydrogen-bond acceptors (Lipinski definition) is 7. The van der Waals surface area contributed by atoms with E-state index in [0.717, 1.165) is 31.5 Å². The van der Waals surface area contributed by atoms with E-state index >= 15 is 0 Å². The highest BCUT2D eigenvalue weighted by molar-refractivity contribution is 5.67.